The van der Waals surface area contributed by atoms with Gasteiger partial charge in [-0.2, -0.15) is 0 Å². The van der Waals surface area contributed by atoms with Crippen LogP contribution in [0.15, 0.2) is 65.9 Å². The average Bonchev–Trinajstić information content (AvgIpc) is 3.09. The Kier molecular flexibility index (Phi) is 4.71. The third-order valence-electron chi connectivity index (χ3n) is 3.39. The van der Waals surface area contributed by atoms with Crippen molar-refractivity contribution in [2.24, 2.45) is 10.7 Å². The lowest BCUT2D eigenvalue weighted by Gasteiger charge is -2.08. The summed E-state index contributed by atoms with van der Waals surface area (Å²) in [4.78, 5) is 4.32. The molecular formula is C17H18N6O. The van der Waals surface area contributed by atoms with Crippen molar-refractivity contribution in [3.05, 3.63) is 66.7 Å². The average molecular weight is 322 g/mol. The molecule has 3 rings (SSSR count). The van der Waals surface area contributed by atoms with E-state index in [1.807, 2.05) is 59.2 Å². The Hall–Kier alpha value is -3.35. The summed E-state index contributed by atoms with van der Waals surface area (Å²) in [7, 11) is 1.62. The Morgan fingerprint density at radius 3 is 2.83 bits per heavy atom. The number of aromatic nitrogens is 3. The molecule has 0 radical (unpaired) electrons. The van der Waals surface area contributed by atoms with Gasteiger partial charge in [0.25, 0.3) is 0 Å². The molecule has 0 atom stereocenters. The molecule has 24 heavy (non-hydrogen) atoms. The van der Waals surface area contributed by atoms with E-state index in [2.05, 4.69) is 20.5 Å². The van der Waals surface area contributed by atoms with Gasteiger partial charge in [-0.15, -0.1) is 10.2 Å². The highest BCUT2D eigenvalue weighted by Gasteiger charge is 2.05. The minimum atomic E-state index is 0.297. The second kappa shape index (κ2) is 7.28. The summed E-state index contributed by atoms with van der Waals surface area (Å²) in [5.74, 6) is 1.75. The van der Waals surface area contributed by atoms with Crippen molar-refractivity contribution in [1.82, 2.24) is 14.8 Å². The van der Waals surface area contributed by atoms with E-state index in [1.54, 1.807) is 13.4 Å². The first kappa shape index (κ1) is 15.5. The minimum Gasteiger partial charge on any atom is -0.497 e. The van der Waals surface area contributed by atoms with E-state index < -0.39 is 0 Å². The standard InChI is InChI=1S/C17H18N6O/c1-24-15-9-5-6-13(10-15)21-17(18)19-11-16-22-20-12-23(16)14-7-3-2-4-8-14/h2-10,12H,11H2,1H3,(H3,18,19,21). The second-order valence-electron chi connectivity index (χ2n) is 5.01. The fourth-order valence-electron chi connectivity index (χ4n) is 2.22. The molecule has 7 nitrogen and oxygen atoms in total. The molecule has 0 bridgehead atoms. The maximum absolute atomic E-state index is 5.94. The topological polar surface area (TPSA) is 90.3 Å². The molecule has 0 fully saturated rings. The number of ether oxygens (including phenoxy) is 1. The van der Waals surface area contributed by atoms with Gasteiger partial charge >= 0.3 is 0 Å². The third kappa shape index (κ3) is 3.70. The highest BCUT2D eigenvalue weighted by molar-refractivity contribution is 5.92. The largest absolute Gasteiger partial charge is 0.497 e. The van der Waals surface area contributed by atoms with E-state index >= 15 is 0 Å². The number of benzene rings is 2. The molecule has 0 amide bonds. The molecule has 0 unspecified atom stereocenters. The molecule has 0 saturated heterocycles. The van der Waals surface area contributed by atoms with E-state index in [4.69, 9.17) is 10.5 Å². The summed E-state index contributed by atoms with van der Waals surface area (Å²) in [5.41, 5.74) is 7.73. The summed E-state index contributed by atoms with van der Waals surface area (Å²) in [5, 5.41) is 11.1. The van der Waals surface area contributed by atoms with Crippen LogP contribution >= 0.6 is 0 Å². The first-order chi connectivity index (χ1) is 11.8. The van der Waals surface area contributed by atoms with Gasteiger partial charge in [0.2, 0.25) is 0 Å². The number of aliphatic imine (C=N–C) groups is 1. The molecule has 3 aromatic rings. The predicted molar refractivity (Wildman–Crippen MR) is 93.3 cm³/mol. The second-order valence-corrected chi connectivity index (χ2v) is 5.01. The van der Waals surface area contributed by atoms with Gasteiger partial charge in [-0.3, -0.25) is 4.57 Å². The first-order valence-corrected chi connectivity index (χ1v) is 7.41. The lowest BCUT2D eigenvalue weighted by molar-refractivity contribution is 0.415. The maximum Gasteiger partial charge on any atom is 0.193 e. The number of methoxy groups -OCH3 is 1. The Morgan fingerprint density at radius 1 is 1.21 bits per heavy atom. The molecule has 3 N–H and O–H groups in total. The summed E-state index contributed by atoms with van der Waals surface area (Å²) in [6.45, 7) is 0.317. The monoisotopic (exact) mass is 322 g/mol. The quantitative estimate of drug-likeness (QED) is 0.555. The van der Waals surface area contributed by atoms with Crippen molar-refractivity contribution >= 4 is 11.6 Å². The Morgan fingerprint density at radius 2 is 2.04 bits per heavy atom. The number of nitrogens with two attached hydrogens (primary N) is 1. The normalized spacial score (nSPS) is 11.3. The zero-order valence-corrected chi connectivity index (χ0v) is 13.3. The van der Waals surface area contributed by atoms with Crippen LogP contribution in [0.1, 0.15) is 5.82 Å². The zero-order valence-electron chi connectivity index (χ0n) is 13.3. The summed E-state index contributed by atoms with van der Waals surface area (Å²) < 4.78 is 7.06. The summed E-state index contributed by atoms with van der Waals surface area (Å²) in [6, 6.07) is 17.3. The smallest absolute Gasteiger partial charge is 0.193 e. The maximum atomic E-state index is 5.94. The molecular weight excluding hydrogens is 304 g/mol. The minimum absolute atomic E-state index is 0.297. The molecule has 0 aliphatic rings. The Balaban J connectivity index is 1.71. The number of hydrogen-bond acceptors (Lipinski definition) is 4. The lowest BCUT2D eigenvalue weighted by atomic mass is 10.3. The molecule has 0 spiro atoms. The van der Waals surface area contributed by atoms with E-state index in [9.17, 15) is 0 Å². The van der Waals surface area contributed by atoms with Crippen LogP contribution in [0.2, 0.25) is 0 Å². The molecule has 122 valence electrons. The van der Waals surface area contributed by atoms with Crippen molar-refractivity contribution in [2.75, 3.05) is 12.4 Å². The number of anilines is 1. The fraction of sp³-hybridized carbons (Fsp3) is 0.118. The van der Waals surface area contributed by atoms with Gasteiger partial charge in [0, 0.05) is 17.4 Å². The molecule has 2 aromatic carbocycles. The van der Waals surface area contributed by atoms with Gasteiger partial charge in [-0.05, 0) is 24.3 Å². The molecule has 0 saturated carbocycles. The SMILES string of the molecule is COc1cccc(NC(N)=NCc2nncn2-c2ccccc2)c1. The number of guanidine groups is 1. The van der Waals surface area contributed by atoms with Crippen LogP contribution < -0.4 is 15.8 Å². The Bertz CT molecular complexity index is 828. The molecule has 0 aliphatic heterocycles. The van der Waals surface area contributed by atoms with Crippen LogP contribution in [-0.2, 0) is 6.54 Å². The number of nitrogens with one attached hydrogen (secondary N) is 1. The van der Waals surface area contributed by atoms with Crippen molar-refractivity contribution in [1.29, 1.82) is 0 Å². The highest BCUT2D eigenvalue weighted by atomic mass is 16.5. The van der Waals surface area contributed by atoms with Crippen LogP contribution in [-0.4, -0.2) is 27.8 Å². The first-order valence-electron chi connectivity index (χ1n) is 7.41. The molecule has 1 aromatic heterocycles. The number of rotatable bonds is 5. The van der Waals surface area contributed by atoms with Gasteiger partial charge in [0.1, 0.15) is 18.6 Å². The molecule has 7 heteroatoms. The van der Waals surface area contributed by atoms with Gasteiger partial charge in [-0.1, -0.05) is 24.3 Å². The van der Waals surface area contributed by atoms with E-state index in [1.165, 1.54) is 0 Å². The summed E-state index contributed by atoms with van der Waals surface area (Å²) in [6.07, 6.45) is 1.66. The van der Waals surface area contributed by atoms with E-state index in [0.29, 0.717) is 18.3 Å². The number of para-hydroxylation sites is 1. The third-order valence-corrected chi connectivity index (χ3v) is 3.39. The van der Waals surface area contributed by atoms with Crippen molar-refractivity contribution < 1.29 is 4.74 Å². The Labute approximate surface area is 139 Å². The summed E-state index contributed by atoms with van der Waals surface area (Å²) >= 11 is 0. The van der Waals surface area contributed by atoms with Crippen molar-refractivity contribution in [3.63, 3.8) is 0 Å². The highest BCUT2D eigenvalue weighted by Crippen LogP contribution is 2.16. The number of hydrogen-bond donors (Lipinski definition) is 2. The van der Waals surface area contributed by atoms with Crippen molar-refractivity contribution in [3.8, 4) is 11.4 Å². The van der Waals surface area contributed by atoms with E-state index in [-0.39, 0.29) is 0 Å². The number of nitrogens with zero attached hydrogens (tertiary/aromatic N) is 4. The van der Waals surface area contributed by atoms with Crippen LogP contribution in [0.3, 0.4) is 0 Å². The molecule has 1 heterocycles. The van der Waals surface area contributed by atoms with Crippen molar-refractivity contribution in [2.45, 2.75) is 6.54 Å². The van der Waals surface area contributed by atoms with Crippen LogP contribution in [0.25, 0.3) is 5.69 Å². The van der Waals surface area contributed by atoms with Crippen LogP contribution in [0.5, 0.6) is 5.75 Å². The molecule has 0 aliphatic carbocycles. The van der Waals surface area contributed by atoms with E-state index in [0.717, 1.165) is 17.1 Å². The van der Waals surface area contributed by atoms with Crippen LogP contribution in [0, 0.1) is 0 Å². The van der Waals surface area contributed by atoms with Gasteiger partial charge in [0.15, 0.2) is 11.8 Å². The van der Waals surface area contributed by atoms with Gasteiger partial charge < -0.3 is 15.8 Å². The van der Waals surface area contributed by atoms with Gasteiger partial charge in [-0.25, -0.2) is 4.99 Å². The zero-order chi connectivity index (χ0) is 16.8. The van der Waals surface area contributed by atoms with Crippen LogP contribution in [0.4, 0.5) is 5.69 Å². The fourth-order valence-corrected chi connectivity index (χ4v) is 2.22. The lowest BCUT2D eigenvalue weighted by Crippen LogP contribution is -2.22. The van der Waals surface area contributed by atoms with Gasteiger partial charge in [0.05, 0.1) is 7.11 Å². The predicted octanol–water partition coefficient (Wildman–Crippen LogP) is 2.20.